The molecule has 0 saturated carbocycles. The summed E-state index contributed by atoms with van der Waals surface area (Å²) in [7, 11) is 0. The molecule has 0 aromatic heterocycles. The summed E-state index contributed by atoms with van der Waals surface area (Å²) in [4.78, 5) is 0. The van der Waals surface area contributed by atoms with Crippen molar-refractivity contribution in [2.75, 3.05) is 0 Å². The van der Waals surface area contributed by atoms with E-state index >= 15 is 0 Å². The van der Waals surface area contributed by atoms with Gasteiger partial charge in [0, 0.05) is 0 Å². The SMILES string of the molecule is C=C1C=CC=CC=C1C(C)(C)C. The van der Waals surface area contributed by atoms with Crippen molar-refractivity contribution < 1.29 is 0 Å². The fourth-order valence-corrected chi connectivity index (χ4v) is 1.32. The fraction of sp³-hybridized carbons (Fsp3) is 0.333. The first kappa shape index (κ1) is 9.05. The fourth-order valence-electron chi connectivity index (χ4n) is 1.32. The Morgan fingerprint density at radius 1 is 1.08 bits per heavy atom. The van der Waals surface area contributed by atoms with E-state index in [-0.39, 0.29) is 5.41 Å². The second-order valence-electron chi connectivity index (χ2n) is 4.10. The van der Waals surface area contributed by atoms with Gasteiger partial charge < -0.3 is 0 Å². The Bertz CT molecular complexity index is 267. The summed E-state index contributed by atoms with van der Waals surface area (Å²) < 4.78 is 0. The predicted molar refractivity (Wildman–Crippen MR) is 55.0 cm³/mol. The molecule has 0 fully saturated rings. The molecular weight excluding hydrogens is 144 g/mol. The molecule has 0 unspecified atom stereocenters. The number of hydrogen-bond acceptors (Lipinski definition) is 0. The highest BCUT2D eigenvalue weighted by Gasteiger charge is 2.17. The van der Waals surface area contributed by atoms with Crippen LogP contribution in [-0.2, 0) is 0 Å². The quantitative estimate of drug-likeness (QED) is 0.507. The van der Waals surface area contributed by atoms with E-state index in [2.05, 4.69) is 45.6 Å². The van der Waals surface area contributed by atoms with Gasteiger partial charge in [0.25, 0.3) is 0 Å². The van der Waals surface area contributed by atoms with E-state index in [0.717, 1.165) is 5.57 Å². The zero-order valence-corrected chi connectivity index (χ0v) is 8.09. The number of rotatable bonds is 0. The van der Waals surface area contributed by atoms with Crippen molar-refractivity contribution >= 4 is 0 Å². The first-order chi connectivity index (χ1) is 5.52. The lowest BCUT2D eigenvalue weighted by atomic mass is 9.82. The van der Waals surface area contributed by atoms with Crippen LogP contribution in [0.15, 0.2) is 48.1 Å². The molecule has 0 saturated heterocycles. The summed E-state index contributed by atoms with van der Waals surface area (Å²) in [5.41, 5.74) is 2.62. The third kappa shape index (κ3) is 1.97. The first-order valence-corrected chi connectivity index (χ1v) is 4.26. The molecule has 1 aliphatic rings. The van der Waals surface area contributed by atoms with Crippen molar-refractivity contribution in [3.8, 4) is 0 Å². The van der Waals surface area contributed by atoms with E-state index in [4.69, 9.17) is 0 Å². The predicted octanol–water partition coefficient (Wildman–Crippen LogP) is 3.64. The van der Waals surface area contributed by atoms with E-state index in [9.17, 15) is 0 Å². The van der Waals surface area contributed by atoms with Crippen molar-refractivity contribution in [2.24, 2.45) is 5.41 Å². The molecule has 0 N–H and O–H groups in total. The minimum atomic E-state index is 0.191. The van der Waals surface area contributed by atoms with Crippen LogP contribution in [-0.4, -0.2) is 0 Å². The van der Waals surface area contributed by atoms with Crippen LogP contribution in [0.2, 0.25) is 0 Å². The van der Waals surface area contributed by atoms with Crippen molar-refractivity contribution in [1.29, 1.82) is 0 Å². The Hall–Kier alpha value is -1.04. The van der Waals surface area contributed by atoms with Gasteiger partial charge in [-0.15, -0.1) is 0 Å². The van der Waals surface area contributed by atoms with Gasteiger partial charge in [0.2, 0.25) is 0 Å². The molecule has 0 nitrogen and oxygen atoms in total. The molecule has 64 valence electrons. The Kier molecular flexibility index (Phi) is 2.37. The molecule has 0 spiro atoms. The van der Waals surface area contributed by atoms with Gasteiger partial charge in [-0.25, -0.2) is 0 Å². The molecule has 0 amide bonds. The molecule has 0 heterocycles. The van der Waals surface area contributed by atoms with Gasteiger partial charge in [-0.2, -0.15) is 0 Å². The monoisotopic (exact) mass is 160 g/mol. The lowest BCUT2D eigenvalue weighted by Gasteiger charge is -2.22. The lowest BCUT2D eigenvalue weighted by molar-refractivity contribution is 0.513. The highest BCUT2D eigenvalue weighted by Crippen LogP contribution is 2.31. The maximum absolute atomic E-state index is 4.03. The third-order valence-electron chi connectivity index (χ3n) is 1.94. The maximum atomic E-state index is 4.03. The van der Waals surface area contributed by atoms with E-state index in [0.29, 0.717) is 0 Å². The lowest BCUT2D eigenvalue weighted by Crippen LogP contribution is -2.09. The van der Waals surface area contributed by atoms with Crippen LogP contribution >= 0.6 is 0 Å². The smallest absolute Gasteiger partial charge is 0.0126 e. The summed E-state index contributed by atoms with van der Waals surface area (Å²) in [6.45, 7) is 10.6. The van der Waals surface area contributed by atoms with Crippen molar-refractivity contribution in [1.82, 2.24) is 0 Å². The second-order valence-corrected chi connectivity index (χ2v) is 4.10. The Morgan fingerprint density at radius 2 is 1.75 bits per heavy atom. The van der Waals surface area contributed by atoms with Crippen LogP contribution in [0.4, 0.5) is 0 Å². The van der Waals surface area contributed by atoms with Crippen molar-refractivity contribution in [2.45, 2.75) is 20.8 Å². The van der Waals surface area contributed by atoms with E-state index in [1.54, 1.807) is 0 Å². The summed E-state index contributed by atoms with van der Waals surface area (Å²) in [5, 5.41) is 0. The van der Waals surface area contributed by atoms with Crippen LogP contribution in [0.25, 0.3) is 0 Å². The highest BCUT2D eigenvalue weighted by molar-refractivity contribution is 5.45. The van der Waals surface area contributed by atoms with Crippen LogP contribution < -0.4 is 0 Å². The average molecular weight is 160 g/mol. The zero-order chi connectivity index (χ0) is 9.19. The van der Waals surface area contributed by atoms with Crippen LogP contribution in [0.3, 0.4) is 0 Å². The van der Waals surface area contributed by atoms with Crippen LogP contribution in [0.5, 0.6) is 0 Å². The third-order valence-corrected chi connectivity index (χ3v) is 1.94. The maximum Gasteiger partial charge on any atom is -0.0126 e. The van der Waals surface area contributed by atoms with Gasteiger partial charge in [-0.05, 0) is 16.6 Å². The Balaban J connectivity index is 3.04. The molecule has 0 atom stereocenters. The number of hydrogen-bond donors (Lipinski definition) is 0. The van der Waals surface area contributed by atoms with E-state index in [1.807, 2.05) is 12.2 Å². The van der Waals surface area contributed by atoms with Gasteiger partial charge in [-0.3, -0.25) is 0 Å². The molecule has 0 aromatic carbocycles. The van der Waals surface area contributed by atoms with Gasteiger partial charge in [0.1, 0.15) is 0 Å². The molecule has 1 rings (SSSR count). The normalized spacial score (nSPS) is 17.6. The van der Waals surface area contributed by atoms with E-state index in [1.165, 1.54) is 5.57 Å². The summed E-state index contributed by atoms with van der Waals surface area (Å²) >= 11 is 0. The Labute approximate surface area is 75.0 Å². The van der Waals surface area contributed by atoms with Crippen molar-refractivity contribution in [3.05, 3.63) is 48.1 Å². The molecule has 0 heteroatoms. The molecule has 12 heavy (non-hydrogen) atoms. The van der Waals surface area contributed by atoms with Gasteiger partial charge in [-0.1, -0.05) is 57.7 Å². The Morgan fingerprint density at radius 3 is 2.33 bits per heavy atom. The second kappa shape index (κ2) is 3.14. The average Bonchev–Trinajstić information content (AvgIpc) is 2.11. The zero-order valence-electron chi connectivity index (χ0n) is 8.09. The topological polar surface area (TPSA) is 0 Å². The molecule has 0 radical (unpaired) electrons. The van der Waals surface area contributed by atoms with Gasteiger partial charge >= 0.3 is 0 Å². The van der Waals surface area contributed by atoms with Crippen LogP contribution in [0, 0.1) is 5.41 Å². The standard InChI is InChI=1S/C12H16/c1-10-8-6-5-7-9-11(10)12(2,3)4/h5-9H,1H2,2-4H3. The minimum Gasteiger partial charge on any atom is -0.0915 e. The largest absolute Gasteiger partial charge is 0.0915 e. The van der Waals surface area contributed by atoms with Gasteiger partial charge in [0.15, 0.2) is 0 Å². The summed E-state index contributed by atoms with van der Waals surface area (Å²) in [5.74, 6) is 0. The molecule has 0 bridgehead atoms. The van der Waals surface area contributed by atoms with Crippen molar-refractivity contribution in [3.63, 3.8) is 0 Å². The van der Waals surface area contributed by atoms with Gasteiger partial charge in [0.05, 0.1) is 0 Å². The molecule has 0 aromatic rings. The minimum absolute atomic E-state index is 0.191. The highest BCUT2D eigenvalue weighted by atomic mass is 14.2. The first-order valence-electron chi connectivity index (χ1n) is 4.26. The number of allylic oxidation sites excluding steroid dienone is 7. The molecular formula is C12H16. The van der Waals surface area contributed by atoms with Crippen LogP contribution in [0.1, 0.15) is 20.8 Å². The summed E-state index contributed by atoms with van der Waals surface area (Å²) in [6, 6.07) is 0. The van der Waals surface area contributed by atoms with E-state index < -0.39 is 0 Å². The molecule has 1 aliphatic carbocycles. The summed E-state index contributed by atoms with van der Waals surface area (Å²) in [6.07, 6.45) is 10.3. The molecule has 0 aliphatic heterocycles.